The van der Waals surface area contributed by atoms with Crippen molar-refractivity contribution >= 4 is 11.6 Å². The van der Waals surface area contributed by atoms with Crippen LogP contribution >= 0.6 is 11.6 Å². The number of likely N-dealkylation sites (N-methyl/N-ethyl adjacent to an activating group) is 1. The van der Waals surface area contributed by atoms with Crippen molar-refractivity contribution in [2.75, 3.05) is 7.05 Å². The highest BCUT2D eigenvalue weighted by Gasteiger charge is 2.14. The Morgan fingerprint density at radius 3 is 2.79 bits per heavy atom. The number of nitrogens with one attached hydrogen (secondary N) is 1. The molecule has 1 N–H and O–H groups in total. The van der Waals surface area contributed by atoms with Gasteiger partial charge in [-0.15, -0.1) is 0 Å². The maximum atomic E-state index is 13.8. The predicted octanol–water partition coefficient (Wildman–Crippen LogP) is 3.69. The Labute approximate surface area is 117 Å². The first-order valence-electron chi connectivity index (χ1n) is 6.13. The maximum Gasteiger partial charge on any atom is 0.127 e. The Morgan fingerprint density at radius 2 is 2.16 bits per heavy atom. The third kappa shape index (κ3) is 3.31. The van der Waals surface area contributed by atoms with E-state index < -0.39 is 0 Å². The molecule has 2 rings (SSSR count). The SMILES string of the molecule is CNC(Cc1ccc(Cl)cc1F)c1ccncc1C. The van der Waals surface area contributed by atoms with E-state index in [1.807, 2.05) is 26.2 Å². The lowest BCUT2D eigenvalue weighted by Crippen LogP contribution is -2.20. The van der Waals surface area contributed by atoms with Crippen molar-refractivity contribution in [2.24, 2.45) is 0 Å². The number of halogens is 2. The first kappa shape index (κ1) is 14.0. The van der Waals surface area contributed by atoms with Crippen LogP contribution in [0.4, 0.5) is 4.39 Å². The molecule has 1 atom stereocenters. The summed E-state index contributed by atoms with van der Waals surface area (Å²) >= 11 is 5.77. The van der Waals surface area contributed by atoms with E-state index in [2.05, 4.69) is 10.3 Å². The zero-order valence-electron chi connectivity index (χ0n) is 11.0. The second-order valence-corrected chi connectivity index (χ2v) is 4.95. The Bertz CT molecular complexity index is 572. The van der Waals surface area contributed by atoms with Gasteiger partial charge in [0, 0.05) is 23.5 Å². The molecule has 0 saturated heterocycles. The fourth-order valence-electron chi connectivity index (χ4n) is 2.15. The standard InChI is InChI=1S/C15H16ClFN2/c1-10-9-19-6-5-13(10)15(18-2)7-11-3-4-12(16)8-14(11)17/h3-6,8-9,15,18H,7H2,1-2H3. The average molecular weight is 279 g/mol. The molecule has 0 aliphatic rings. The van der Waals surface area contributed by atoms with Crippen molar-refractivity contribution in [3.8, 4) is 0 Å². The van der Waals surface area contributed by atoms with Crippen molar-refractivity contribution in [3.63, 3.8) is 0 Å². The molecular formula is C15H16ClFN2. The first-order chi connectivity index (χ1) is 9.11. The Kier molecular flexibility index (Phi) is 4.51. The normalized spacial score (nSPS) is 12.4. The molecule has 0 spiro atoms. The Morgan fingerprint density at radius 1 is 1.37 bits per heavy atom. The van der Waals surface area contributed by atoms with E-state index in [1.54, 1.807) is 18.3 Å². The summed E-state index contributed by atoms with van der Waals surface area (Å²) in [7, 11) is 1.87. The number of nitrogens with zero attached hydrogens (tertiary/aromatic N) is 1. The van der Waals surface area contributed by atoms with Crippen LogP contribution in [0.1, 0.15) is 22.7 Å². The Balaban J connectivity index is 2.27. The third-order valence-corrected chi connectivity index (χ3v) is 3.46. The second kappa shape index (κ2) is 6.13. The van der Waals surface area contributed by atoms with Crippen LogP contribution in [0, 0.1) is 12.7 Å². The van der Waals surface area contributed by atoms with Gasteiger partial charge in [-0.2, -0.15) is 0 Å². The highest BCUT2D eigenvalue weighted by Crippen LogP contribution is 2.23. The van der Waals surface area contributed by atoms with E-state index in [0.717, 1.165) is 11.1 Å². The van der Waals surface area contributed by atoms with Crippen molar-refractivity contribution in [3.05, 3.63) is 64.2 Å². The number of hydrogen-bond donors (Lipinski definition) is 1. The zero-order chi connectivity index (χ0) is 13.8. The fourth-order valence-corrected chi connectivity index (χ4v) is 2.31. The molecular weight excluding hydrogens is 263 g/mol. The number of aryl methyl sites for hydroxylation is 1. The lowest BCUT2D eigenvalue weighted by molar-refractivity contribution is 0.552. The molecule has 1 aromatic heterocycles. The van der Waals surface area contributed by atoms with Gasteiger partial charge < -0.3 is 5.32 Å². The molecule has 1 heterocycles. The molecule has 2 aromatic rings. The predicted molar refractivity (Wildman–Crippen MR) is 75.9 cm³/mol. The van der Waals surface area contributed by atoms with Gasteiger partial charge in [-0.3, -0.25) is 4.98 Å². The molecule has 0 aliphatic heterocycles. The van der Waals surface area contributed by atoms with Crippen molar-refractivity contribution in [1.82, 2.24) is 10.3 Å². The molecule has 19 heavy (non-hydrogen) atoms. The molecule has 2 nitrogen and oxygen atoms in total. The van der Waals surface area contributed by atoms with E-state index in [1.165, 1.54) is 6.07 Å². The monoisotopic (exact) mass is 278 g/mol. The second-order valence-electron chi connectivity index (χ2n) is 4.51. The van der Waals surface area contributed by atoms with E-state index in [0.29, 0.717) is 17.0 Å². The number of hydrogen-bond acceptors (Lipinski definition) is 2. The summed E-state index contributed by atoms with van der Waals surface area (Å²) in [6.45, 7) is 2.00. The van der Waals surface area contributed by atoms with Gasteiger partial charge in [0.2, 0.25) is 0 Å². The van der Waals surface area contributed by atoms with Crippen LogP contribution in [0.2, 0.25) is 5.02 Å². The lowest BCUT2D eigenvalue weighted by Gasteiger charge is -2.19. The lowest BCUT2D eigenvalue weighted by atomic mass is 9.96. The zero-order valence-corrected chi connectivity index (χ0v) is 11.7. The van der Waals surface area contributed by atoms with E-state index >= 15 is 0 Å². The number of rotatable bonds is 4. The topological polar surface area (TPSA) is 24.9 Å². The summed E-state index contributed by atoms with van der Waals surface area (Å²) in [5.41, 5.74) is 2.88. The van der Waals surface area contributed by atoms with Gasteiger partial charge in [-0.1, -0.05) is 17.7 Å². The van der Waals surface area contributed by atoms with Crippen LogP contribution in [0.3, 0.4) is 0 Å². The van der Waals surface area contributed by atoms with Gasteiger partial charge in [-0.25, -0.2) is 4.39 Å². The van der Waals surface area contributed by atoms with Crippen LogP contribution in [0.5, 0.6) is 0 Å². The highest BCUT2D eigenvalue weighted by atomic mass is 35.5. The van der Waals surface area contributed by atoms with Crippen LogP contribution in [-0.2, 0) is 6.42 Å². The van der Waals surface area contributed by atoms with Crippen LogP contribution in [-0.4, -0.2) is 12.0 Å². The minimum atomic E-state index is -0.264. The van der Waals surface area contributed by atoms with Crippen LogP contribution < -0.4 is 5.32 Å². The van der Waals surface area contributed by atoms with Gasteiger partial charge in [0.05, 0.1) is 0 Å². The van der Waals surface area contributed by atoms with Gasteiger partial charge in [0.1, 0.15) is 5.82 Å². The minimum Gasteiger partial charge on any atom is -0.313 e. The summed E-state index contributed by atoms with van der Waals surface area (Å²) in [4.78, 5) is 4.08. The van der Waals surface area contributed by atoms with Gasteiger partial charge in [0.25, 0.3) is 0 Å². The molecule has 0 radical (unpaired) electrons. The maximum absolute atomic E-state index is 13.8. The minimum absolute atomic E-state index is 0.0543. The average Bonchev–Trinajstić information content (AvgIpc) is 2.39. The molecule has 0 aliphatic carbocycles. The van der Waals surface area contributed by atoms with Crippen molar-refractivity contribution in [2.45, 2.75) is 19.4 Å². The van der Waals surface area contributed by atoms with Crippen molar-refractivity contribution in [1.29, 1.82) is 0 Å². The molecule has 4 heteroatoms. The molecule has 1 aromatic carbocycles. The van der Waals surface area contributed by atoms with E-state index in [4.69, 9.17) is 11.6 Å². The number of pyridine rings is 1. The van der Waals surface area contributed by atoms with Crippen molar-refractivity contribution < 1.29 is 4.39 Å². The fraction of sp³-hybridized carbons (Fsp3) is 0.267. The first-order valence-corrected chi connectivity index (χ1v) is 6.51. The Hall–Kier alpha value is -1.45. The molecule has 0 fully saturated rings. The highest BCUT2D eigenvalue weighted by molar-refractivity contribution is 6.30. The third-order valence-electron chi connectivity index (χ3n) is 3.23. The van der Waals surface area contributed by atoms with E-state index in [9.17, 15) is 4.39 Å². The molecule has 0 amide bonds. The smallest absolute Gasteiger partial charge is 0.127 e. The number of benzene rings is 1. The summed E-state index contributed by atoms with van der Waals surface area (Å²) < 4.78 is 13.8. The van der Waals surface area contributed by atoms with Gasteiger partial charge in [-0.05, 0) is 55.3 Å². The van der Waals surface area contributed by atoms with Gasteiger partial charge in [0.15, 0.2) is 0 Å². The summed E-state index contributed by atoms with van der Waals surface area (Å²) in [6, 6.07) is 6.82. The quantitative estimate of drug-likeness (QED) is 0.923. The summed E-state index contributed by atoms with van der Waals surface area (Å²) in [6.07, 6.45) is 4.15. The van der Waals surface area contributed by atoms with Gasteiger partial charge >= 0.3 is 0 Å². The molecule has 1 unspecified atom stereocenters. The summed E-state index contributed by atoms with van der Waals surface area (Å²) in [5, 5.41) is 3.64. The molecule has 100 valence electrons. The largest absolute Gasteiger partial charge is 0.313 e. The van der Waals surface area contributed by atoms with E-state index in [-0.39, 0.29) is 11.9 Å². The van der Waals surface area contributed by atoms with Crippen LogP contribution in [0.15, 0.2) is 36.7 Å². The molecule has 0 bridgehead atoms. The molecule has 0 saturated carbocycles. The van der Waals surface area contributed by atoms with Crippen LogP contribution in [0.25, 0.3) is 0 Å². The number of aromatic nitrogens is 1. The summed E-state index contributed by atoms with van der Waals surface area (Å²) in [5.74, 6) is -0.264.